The van der Waals surface area contributed by atoms with Crippen LogP contribution in [0.4, 0.5) is 0 Å². The third-order valence-corrected chi connectivity index (χ3v) is 5.88. The van der Waals surface area contributed by atoms with Gasteiger partial charge in [-0.15, -0.1) is 0 Å². The monoisotopic (exact) mass is 362 g/mol. The quantitative estimate of drug-likeness (QED) is 0.690. The number of carbonyl (C=O) groups is 2. The molecule has 3 rings (SSSR count). The highest BCUT2D eigenvalue weighted by atomic mass is 32.2. The van der Waals surface area contributed by atoms with Crippen LogP contribution in [0.2, 0.25) is 0 Å². The van der Waals surface area contributed by atoms with Crippen LogP contribution in [-0.2, 0) is 14.8 Å². The molecule has 2 N–H and O–H groups in total. The molecule has 1 heterocycles. The summed E-state index contributed by atoms with van der Waals surface area (Å²) >= 11 is 0. The number of hydrogen-bond donors (Lipinski definition) is 2. The number of sulfonamides is 1. The van der Waals surface area contributed by atoms with Gasteiger partial charge in [-0.2, -0.15) is 0 Å². The molecule has 1 aliphatic carbocycles. The largest absolute Gasteiger partial charge is 0.352 e. The Hall–Kier alpha value is -2.15. The van der Waals surface area contributed by atoms with E-state index < -0.39 is 15.9 Å². The van der Waals surface area contributed by atoms with Crippen molar-refractivity contribution in [2.75, 3.05) is 6.54 Å². The average molecular weight is 362 g/mol. The summed E-state index contributed by atoms with van der Waals surface area (Å²) in [5.41, 5.74) is 0.269. The van der Waals surface area contributed by atoms with Crippen molar-refractivity contribution < 1.29 is 18.0 Å². The summed E-state index contributed by atoms with van der Waals surface area (Å²) in [7, 11) is -3.98. The molecule has 0 saturated heterocycles. The lowest BCUT2D eigenvalue weighted by atomic mass is 10.1. The van der Waals surface area contributed by atoms with Crippen molar-refractivity contribution in [3.63, 3.8) is 0 Å². The molecule has 0 radical (unpaired) electrons. The summed E-state index contributed by atoms with van der Waals surface area (Å²) in [6.45, 7) is 0.557. The van der Waals surface area contributed by atoms with Gasteiger partial charge in [-0.05, 0) is 49.8 Å². The van der Waals surface area contributed by atoms with Gasteiger partial charge in [0.1, 0.15) is 0 Å². The number of fused-ring (bicyclic) bond motifs is 3. The van der Waals surface area contributed by atoms with Gasteiger partial charge in [-0.25, -0.2) is 13.1 Å². The van der Waals surface area contributed by atoms with Gasteiger partial charge in [0.05, 0.1) is 4.90 Å². The van der Waals surface area contributed by atoms with Crippen molar-refractivity contribution >= 4 is 21.8 Å². The normalized spacial score (nSPS) is 28.0. The summed E-state index contributed by atoms with van der Waals surface area (Å²) in [5.74, 6) is -0.947. The second-order valence-electron chi connectivity index (χ2n) is 6.54. The molecule has 1 saturated carbocycles. The molecular formula is C18H22N2O4S. The number of rotatable bonds is 0. The van der Waals surface area contributed by atoms with Gasteiger partial charge in [-0.3, -0.25) is 9.59 Å². The van der Waals surface area contributed by atoms with Crippen molar-refractivity contribution in [2.45, 2.75) is 37.0 Å². The summed E-state index contributed by atoms with van der Waals surface area (Å²) in [4.78, 5) is 24.3. The summed E-state index contributed by atoms with van der Waals surface area (Å²) in [6, 6.07) is 5.74. The first-order chi connectivity index (χ1) is 12.0. The summed E-state index contributed by atoms with van der Waals surface area (Å²) < 4.78 is 27.0. The van der Waals surface area contributed by atoms with Crippen molar-refractivity contribution in [3.05, 3.63) is 42.0 Å². The minimum atomic E-state index is -3.98. The zero-order valence-corrected chi connectivity index (χ0v) is 14.7. The minimum Gasteiger partial charge on any atom is -0.352 e. The second-order valence-corrected chi connectivity index (χ2v) is 8.22. The Labute approximate surface area is 147 Å². The van der Waals surface area contributed by atoms with Crippen LogP contribution in [0.25, 0.3) is 0 Å². The Morgan fingerprint density at radius 1 is 1.08 bits per heavy atom. The van der Waals surface area contributed by atoms with Crippen LogP contribution < -0.4 is 10.0 Å². The van der Waals surface area contributed by atoms with Crippen LogP contribution in [-0.4, -0.2) is 26.8 Å². The molecule has 0 spiro atoms. The Balaban J connectivity index is 1.82. The Bertz CT molecular complexity index is 801. The van der Waals surface area contributed by atoms with Gasteiger partial charge >= 0.3 is 0 Å². The van der Waals surface area contributed by atoms with Gasteiger partial charge in [0.2, 0.25) is 5.91 Å². The predicted molar refractivity (Wildman–Crippen MR) is 93.3 cm³/mol. The molecule has 1 fully saturated rings. The standard InChI is InChI=1S/C18H22N2O4S/c21-17-14-8-6-9-15(11-14)25(23,24)20-18(22)16-12-13(16)7-4-2-1-3-5-10-19-17/h4,6-9,11,13,16H,1-3,5,10,12H2,(H,19,21)(H,20,22)/b7-4-/t13?,16-/m0/s1. The predicted octanol–water partition coefficient (Wildman–Crippen LogP) is 1.99. The molecule has 0 aromatic heterocycles. The van der Waals surface area contributed by atoms with Crippen LogP contribution in [0.1, 0.15) is 42.5 Å². The third-order valence-electron chi connectivity index (χ3n) is 4.53. The first kappa shape index (κ1) is 17.7. The highest BCUT2D eigenvalue weighted by molar-refractivity contribution is 7.90. The van der Waals surface area contributed by atoms with Gasteiger partial charge in [-0.1, -0.05) is 24.6 Å². The molecule has 2 atom stereocenters. The summed E-state index contributed by atoms with van der Waals surface area (Å²) in [5, 5.41) is 2.80. The molecular weight excluding hydrogens is 340 g/mol. The molecule has 1 unspecified atom stereocenters. The molecule has 25 heavy (non-hydrogen) atoms. The van der Waals surface area contributed by atoms with Crippen LogP contribution in [0.5, 0.6) is 0 Å². The van der Waals surface area contributed by atoms with Crippen molar-refractivity contribution in [1.82, 2.24) is 10.0 Å². The van der Waals surface area contributed by atoms with Gasteiger partial charge in [0, 0.05) is 18.0 Å². The number of allylic oxidation sites excluding steroid dienone is 2. The van der Waals surface area contributed by atoms with E-state index in [4.69, 9.17) is 0 Å². The average Bonchev–Trinajstić information content (AvgIpc) is 3.36. The Morgan fingerprint density at radius 2 is 1.92 bits per heavy atom. The molecule has 1 aromatic carbocycles. The number of amides is 2. The second kappa shape index (κ2) is 7.39. The van der Waals surface area contributed by atoms with E-state index in [1.165, 1.54) is 18.2 Å². The zero-order valence-electron chi connectivity index (χ0n) is 13.9. The van der Waals surface area contributed by atoms with E-state index in [9.17, 15) is 18.0 Å². The van der Waals surface area contributed by atoms with E-state index in [0.717, 1.165) is 25.7 Å². The fourth-order valence-electron chi connectivity index (χ4n) is 2.94. The molecule has 1 aromatic rings. The molecule has 7 heteroatoms. The Morgan fingerprint density at radius 3 is 2.76 bits per heavy atom. The van der Waals surface area contributed by atoms with Crippen LogP contribution >= 0.6 is 0 Å². The number of carbonyl (C=O) groups excluding carboxylic acids is 2. The van der Waals surface area contributed by atoms with Crippen molar-refractivity contribution in [2.24, 2.45) is 11.8 Å². The Kier molecular flexibility index (Phi) is 5.22. The number of hydrogen-bond acceptors (Lipinski definition) is 4. The maximum Gasteiger partial charge on any atom is 0.264 e. The van der Waals surface area contributed by atoms with Crippen molar-refractivity contribution in [3.8, 4) is 0 Å². The fraction of sp³-hybridized carbons (Fsp3) is 0.444. The van der Waals surface area contributed by atoms with E-state index >= 15 is 0 Å². The maximum absolute atomic E-state index is 12.4. The van der Waals surface area contributed by atoms with E-state index in [-0.39, 0.29) is 28.2 Å². The summed E-state index contributed by atoms with van der Waals surface area (Å²) in [6.07, 6.45) is 8.60. The molecule has 2 aliphatic rings. The van der Waals surface area contributed by atoms with E-state index in [1.807, 2.05) is 6.08 Å². The minimum absolute atomic E-state index is 0.0782. The third kappa shape index (κ3) is 4.48. The van der Waals surface area contributed by atoms with E-state index in [0.29, 0.717) is 13.0 Å². The first-order valence-corrected chi connectivity index (χ1v) is 10.1. The molecule has 6 nitrogen and oxygen atoms in total. The fourth-order valence-corrected chi connectivity index (χ4v) is 4.01. The molecule has 134 valence electrons. The van der Waals surface area contributed by atoms with Crippen LogP contribution in [0, 0.1) is 11.8 Å². The highest BCUT2D eigenvalue weighted by Gasteiger charge is 2.42. The van der Waals surface area contributed by atoms with Gasteiger partial charge in [0.15, 0.2) is 0 Å². The van der Waals surface area contributed by atoms with Crippen LogP contribution in [0.3, 0.4) is 0 Å². The molecule has 2 amide bonds. The molecule has 1 aliphatic heterocycles. The zero-order chi connectivity index (χ0) is 17.9. The number of nitrogens with one attached hydrogen (secondary N) is 2. The lowest BCUT2D eigenvalue weighted by Crippen LogP contribution is -2.32. The highest BCUT2D eigenvalue weighted by Crippen LogP contribution is 2.40. The smallest absolute Gasteiger partial charge is 0.264 e. The number of benzene rings is 1. The molecule has 2 bridgehead atoms. The lowest BCUT2D eigenvalue weighted by Gasteiger charge is -2.09. The lowest BCUT2D eigenvalue weighted by molar-refractivity contribution is -0.120. The van der Waals surface area contributed by atoms with Gasteiger partial charge in [0.25, 0.3) is 15.9 Å². The first-order valence-electron chi connectivity index (χ1n) is 8.59. The van der Waals surface area contributed by atoms with Crippen LogP contribution in [0.15, 0.2) is 41.3 Å². The van der Waals surface area contributed by atoms with E-state index in [1.54, 1.807) is 6.07 Å². The van der Waals surface area contributed by atoms with Gasteiger partial charge < -0.3 is 5.32 Å². The SMILES string of the molecule is O=C1NCCCCC/C=C\C2C[C@@H]2C(=O)NS(=O)(=O)c2cccc1c2. The topological polar surface area (TPSA) is 92.3 Å². The van der Waals surface area contributed by atoms with E-state index in [2.05, 4.69) is 16.1 Å². The maximum atomic E-state index is 12.4. The van der Waals surface area contributed by atoms with Crippen molar-refractivity contribution in [1.29, 1.82) is 0 Å².